The molecule has 0 amide bonds. The summed E-state index contributed by atoms with van der Waals surface area (Å²) >= 11 is 0. The Balaban J connectivity index is 1.40. The third-order valence-corrected chi connectivity index (χ3v) is 12.4. The van der Waals surface area contributed by atoms with Crippen LogP contribution < -0.4 is 0 Å². The van der Waals surface area contributed by atoms with Gasteiger partial charge in [0.15, 0.2) is 0 Å². The van der Waals surface area contributed by atoms with Crippen molar-refractivity contribution in [1.82, 2.24) is 14.9 Å². The lowest BCUT2D eigenvalue weighted by molar-refractivity contribution is -0.197. The first-order chi connectivity index (χ1) is 19.7. The number of aliphatic carboxylic acids is 1. The van der Waals surface area contributed by atoms with E-state index >= 15 is 0 Å². The molecule has 224 valence electrons. The Labute approximate surface area is 245 Å². The predicted octanol–water partition coefficient (Wildman–Crippen LogP) is 5.80. The topological polar surface area (TPSA) is 92.6 Å². The highest BCUT2D eigenvalue weighted by Crippen LogP contribution is 2.84. The van der Waals surface area contributed by atoms with Crippen molar-refractivity contribution in [2.24, 2.45) is 51.8 Å². The Kier molecular flexibility index (Phi) is 7.46. The number of carboxylic acids is 1. The van der Waals surface area contributed by atoms with Crippen molar-refractivity contribution in [3.8, 4) is 0 Å². The number of likely N-dealkylation sites (N-methyl/N-ethyl adjacent to an activating group) is 1. The second-order valence-corrected chi connectivity index (χ2v) is 14.6. The Morgan fingerprint density at radius 3 is 2.73 bits per heavy atom. The molecule has 4 bridgehead atoms. The van der Waals surface area contributed by atoms with Crippen LogP contribution in [0.1, 0.15) is 84.8 Å². The minimum atomic E-state index is -1.17. The fourth-order valence-electron chi connectivity index (χ4n) is 11.0. The molecule has 1 aromatic heterocycles. The monoisotopic (exact) mass is 563 g/mol. The van der Waals surface area contributed by atoms with Gasteiger partial charge in [-0.3, -0.25) is 19.7 Å². The summed E-state index contributed by atoms with van der Waals surface area (Å²) in [5, 5.41) is 11.4. The van der Waals surface area contributed by atoms with Gasteiger partial charge in [0.05, 0.1) is 23.3 Å². The maximum absolute atomic E-state index is 13.9. The Morgan fingerprint density at radius 1 is 1.27 bits per heavy atom. The lowest BCUT2D eigenvalue weighted by Crippen LogP contribution is -2.65. The zero-order valence-corrected chi connectivity index (χ0v) is 25.6. The van der Waals surface area contributed by atoms with Crippen LogP contribution in [0.15, 0.2) is 30.2 Å². The predicted molar refractivity (Wildman–Crippen MR) is 157 cm³/mol. The minimum absolute atomic E-state index is 0.0281. The normalized spacial score (nSPS) is 42.6. The number of hydrogen-bond donors (Lipinski definition) is 1. The van der Waals surface area contributed by atoms with Gasteiger partial charge in [-0.1, -0.05) is 58.6 Å². The molecule has 0 radical (unpaired) electrons. The molecular formula is C34H49N3O4. The van der Waals surface area contributed by atoms with Gasteiger partial charge in [0.2, 0.25) is 0 Å². The van der Waals surface area contributed by atoms with E-state index in [4.69, 9.17) is 4.74 Å². The summed E-state index contributed by atoms with van der Waals surface area (Å²) in [5.74, 6) is 0.793. The zero-order valence-electron chi connectivity index (χ0n) is 25.6. The summed E-state index contributed by atoms with van der Waals surface area (Å²) in [6, 6.07) is 0. The van der Waals surface area contributed by atoms with Crippen LogP contribution in [0.5, 0.6) is 0 Å². The smallest absolute Gasteiger partial charge is 0.315 e. The maximum atomic E-state index is 13.9. The number of allylic oxidation sites excluding steroid dienone is 1. The number of aromatic nitrogens is 2. The van der Waals surface area contributed by atoms with Crippen LogP contribution in [-0.4, -0.2) is 58.0 Å². The molecule has 3 saturated carbocycles. The molecule has 1 aromatic rings. The van der Waals surface area contributed by atoms with Gasteiger partial charge in [0.25, 0.3) is 0 Å². The Bertz CT molecular complexity index is 1190. The standard InChI is InChI=1S/C34H49N3O4/c1-6-7-8-23-13-30(41-29(23)19-37(5)18-25-17-35-11-12-36-25)33-16-26-22(4)9-10-27(26)32(20-38)15-24(33)14-28(21(2)3)34(32,33)31(39)40/h11-12,14,17,20-24,26-27,29-30H,6-10,13,15-16,18-19H2,1-5H3,(H,39,40)/t22-,23?,24?,26-,27-,29?,30?,32?,33?,34?/m1/s1. The van der Waals surface area contributed by atoms with Gasteiger partial charge in [0.1, 0.15) is 11.7 Å². The second kappa shape index (κ2) is 10.6. The van der Waals surface area contributed by atoms with Crippen LogP contribution >= 0.6 is 0 Å². The summed E-state index contributed by atoms with van der Waals surface area (Å²) in [4.78, 5) is 38.4. The van der Waals surface area contributed by atoms with Crippen LogP contribution in [0.4, 0.5) is 0 Å². The van der Waals surface area contributed by atoms with Crippen LogP contribution in [-0.2, 0) is 20.9 Å². The van der Waals surface area contributed by atoms with Crippen molar-refractivity contribution in [1.29, 1.82) is 0 Å². The fourth-order valence-corrected chi connectivity index (χ4v) is 11.0. The summed E-state index contributed by atoms with van der Waals surface area (Å²) in [7, 11) is 2.11. The third-order valence-electron chi connectivity index (χ3n) is 12.4. The SMILES string of the molecule is CCCCC1CC(C23C[C@@H]4[C@H](C)CC[C@H]4C4(C=O)CC2C=C(C(C)C)C34C(=O)O)OC1CN(C)Cc1cnccn1. The molecule has 2 heterocycles. The van der Waals surface area contributed by atoms with Gasteiger partial charge < -0.3 is 14.6 Å². The van der Waals surface area contributed by atoms with Crippen LogP contribution in [0.2, 0.25) is 0 Å². The minimum Gasteiger partial charge on any atom is -0.481 e. The van der Waals surface area contributed by atoms with Crippen molar-refractivity contribution < 1.29 is 19.4 Å². The molecule has 41 heavy (non-hydrogen) atoms. The molecular weight excluding hydrogens is 514 g/mol. The fraction of sp³-hybridized carbons (Fsp3) is 0.765. The van der Waals surface area contributed by atoms with Crippen LogP contribution in [0.3, 0.4) is 0 Å². The Morgan fingerprint density at radius 2 is 2.07 bits per heavy atom. The van der Waals surface area contributed by atoms with Crippen molar-refractivity contribution in [2.45, 2.75) is 97.8 Å². The van der Waals surface area contributed by atoms with Crippen molar-refractivity contribution in [3.63, 3.8) is 0 Å². The molecule has 0 spiro atoms. The highest BCUT2D eigenvalue weighted by Gasteiger charge is 2.86. The highest BCUT2D eigenvalue weighted by atomic mass is 16.5. The molecule has 10 atom stereocenters. The molecule has 1 N–H and O–H groups in total. The van der Waals surface area contributed by atoms with E-state index in [9.17, 15) is 14.7 Å². The first-order valence-corrected chi connectivity index (χ1v) is 16.2. The van der Waals surface area contributed by atoms with Crippen LogP contribution in [0, 0.1) is 51.8 Å². The summed E-state index contributed by atoms with van der Waals surface area (Å²) in [6.07, 6.45) is 16.4. The number of rotatable bonds is 11. The summed E-state index contributed by atoms with van der Waals surface area (Å²) in [5.41, 5.74) is -0.645. The van der Waals surface area contributed by atoms with E-state index < -0.39 is 22.2 Å². The largest absolute Gasteiger partial charge is 0.481 e. The average Bonchev–Trinajstić information content (AvgIpc) is 3.65. The summed E-state index contributed by atoms with van der Waals surface area (Å²) < 4.78 is 7.21. The van der Waals surface area contributed by atoms with E-state index in [-0.39, 0.29) is 30.0 Å². The second-order valence-electron chi connectivity index (χ2n) is 14.6. The highest BCUT2D eigenvalue weighted by molar-refractivity contribution is 5.90. The zero-order chi connectivity index (χ0) is 29.2. The molecule has 4 aliphatic carbocycles. The van der Waals surface area contributed by atoms with Crippen LogP contribution in [0.25, 0.3) is 0 Å². The van der Waals surface area contributed by atoms with Gasteiger partial charge in [0, 0.05) is 37.1 Å². The van der Waals surface area contributed by atoms with E-state index in [1.54, 1.807) is 12.4 Å². The first kappa shape index (κ1) is 29.0. The number of unbranched alkanes of at least 4 members (excludes halogenated alkanes) is 1. The molecule has 7 heteroatoms. The van der Waals surface area contributed by atoms with Gasteiger partial charge >= 0.3 is 5.97 Å². The average molecular weight is 564 g/mol. The van der Waals surface area contributed by atoms with E-state index in [2.05, 4.69) is 55.7 Å². The van der Waals surface area contributed by atoms with E-state index in [0.29, 0.717) is 30.7 Å². The quantitative estimate of drug-likeness (QED) is 0.269. The number of carbonyl (C=O) groups excluding carboxylic acids is 1. The number of nitrogens with zero attached hydrogens (tertiary/aromatic N) is 3. The lowest BCUT2D eigenvalue weighted by Gasteiger charge is -2.60. The number of hydrogen-bond acceptors (Lipinski definition) is 6. The van der Waals surface area contributed by atoms with E-state index in [0.717, 1.165) is 69.0 Å². The Hall–Kier alpha value is -2.12. The maximum Gasteiger partial charge on any atom is 0.315 e. The van der Waals surface area contributed by atoms with Crippen molar-refractivity contribution in [3.05, 3.63) is 35.9 Å². The summed E-state index contributed by atoms with van der Waals surface area (Å²) in [6.45, 7) is 10.3. The van der Waals surface area contributed by atoms with E-state index in [1.807, 2.05) is 6.20 Å². The van der Waals surface area contributed by atoms with Gasteiger partial charge in [-0.2, -0.15) is 0 Å². The third kappa shape index (κ3) is 3.90. The van der Waals surface area contributed by atoms with Gasteiger partial charge in [-0.15, -0.1) is 0 Å². The molecule has 5 aliphatic rings. The number of aldehydes is 1. The molecule has 0 aromatic carbocycles. The molecule has 6 rings (SSSR count). The number of carbonyl (C=O) groups is 2. The molecule has 7 nitrogen and oxygen atoms in total. The van der Waals surface area contributed by atoms with Crippen molar-refractivity contribution >= 4 is 12.3 Å². The lowest BCUT2D eigenvalue weighted by atomic mass is 9.41. The first-order valence-electron chi connectivity index (χ1n) is 16.2. The van der Waals surface area contributed by atoms with Crippen molar-refractivity contribution in [2.75, 3.05) is 13.6 Å². The van der Waals surface area contributed by atoms with E-state index in [1.165, 1.54) is 0 Å². The molecule has 4 fully saturated rings. The van der Waals surface area contributed by atoms with Gasteiger partial charge in [-0.05, 0) is 74.7 Å². The molecule has 7 unspecified atom stereocenters. The van der Waals surface area contributed by atoms with Gasteiger partial charge in [-0.25, -0.2) is 0 Å². The number of ether oxygens (including phenoxy) is 1. The number of fused-ring (bicyclic) bond motifs is 2. The number of carboxylic acid groups (broad SMARTS) is 1. The molecule has 1 saturated heterocycles. The molecule has 1 aliphatic heterocycles.